The first-order valence-corrected chi connectivity index (χ1v) is 15.7. The van der Waals surface area contributed by atoms with Gasteiger partial charge in [-0.2, -0.15) is 0 Å². The Balaban J connectivity index is 1.29. The number of nitrogens with one attached hydrogen (secondary N) is 2. The first-order chi connectivity index (χ1) is 20.9. The predicted octanol–water partition coefficient (Wildman–Crippen LogP) is 7.80. The molecule has 1 amide bonds. The number of halogens is 1. The number of piperidine rings is 1. The number of benzene rings is 2. The monoisotopic (exact) mass is 598 g/mol. The molecule has 1 saturated carbocycles. The molecule has 6 rings (SSSR count). The molecule has 2 aromatic heterocycles. The van der Waals surface area contributed by atoms with Gasteiger partial charge in [0.2, 0.25) is 17.7 Å². The third-order valence-electron chi connectivity index (χ3n) is 8.79. The number of nitrogens with zero attached hydrogens (tertiary/aromatic N) is 4. The van der Waals surface area contributed by atoms with Crippen molar-refractivity contribution in [3.8, 4) is 22.9 Å². The molecular formula is C34H39ClN6O2. The Bertz CT molecular complexity index is 1600. The highest BCUT2D eigenvalue weighted by Gasteiger charge is 2.32. The Kier molecular flexibility index (Phi) is 8.77. The number of amides is 1. The van der Waals surface area contributed by atoms with E-state index in [1.807, 2.05) is 55.5 Å². The Morgan fingerprint density at radius 3 is 2.72 bits per heavy atom. The van der Waals surface area contributed by atoms with Crippen LogP contribution in [0, 0.1) is 12.3 Å². The van der Waals surface area contributed by atoms with E-state index in [0.717, 1.165) is 66.4 Å². The number of rotatable bonds is 8. The zero-order valence-electron chi connectivity index (χ0n) is 24.9. The van der Waals surface area contributed by atoms with Crippen molar-refractivity contribution in [3.63, 3.8) is 0 Å². The molecule has 2 fully saturated rings. The van der Waals surface area contributed by atoms with Gasteiger partial charge in [0, 0.05) is 54.0 Å². The lowest BCUT2D eigenvalue weighted by atomic mass is 9.73. The molecule has 1 atom stereocenters. The van der Waals surface area contributed by atoms with Crippen molar-refractivity contribution in [2.45, 2.75) is 71.3 Å². The second-order valence-corrected chi connectivity index (χ2v) is 12.6. The van der Waals surface area contributed by atoms with Crippen molar-refractivity contribution in [1.29, 1.82) is 0 Å². The van der Waals surface area contributed by atoms with E-state index in [2.05, 4.69) is 27.5 Å². The number of aromatic nitrogens is 3. The molecule has 9 heteroatoms. The Morgan fingerprint density at radius 1 is 1.05 bits per heavy atom. The van der Waals surface area contributed by atoms with Gasteiger partial charge in [0.15, 0.2) is 0 Å². The third-order valence-corrected chi connectivity index (χ3v) is 9.16. The van der Waals surface area contributed by atoms with Crippen LogP contribution in [0.25, 0.3) is 22.0 Å². The van der Waals surface area contributed by atoms with Gasteiger partial charge in [-0.15, -0.1) is 0 Å². The molecule has 2 aromatic carbocycles. The SMILES string of the molecule is Cc1ccc2c(N(Cl)C(=O)CC3(C)CCCCC3)cccc2c1Oc1ncccc1-c1ccnc(N[C@H]2CCCNC2)n1. The molecule has 0 radical (unpaired) electrons. The van der Waals surface area contributed by atoms with Crippen LogP contribution >= 0.6 is 11.8 Å². The minimum absolute atomic E-state index is 0.00301. The maximum Gasteiger partial charge on any atom is 0.242 e. The van der Waals surface area contributed by atoms with Gasteiger partial charge < -0.3 is 15.4 Å². The van der Waals surface area contributed by atoms with Gasteiger partial charge in [0.1, 0.15) is 5.75 Å². The highest BCUT2D eigenvalue weighted by atomic mass is 35.5. The molecule has 3 heterocycles. The second kappa shape index (κ2) is 12.9. The fourth-order valence-electron chi connectivity index (χ4n) is 6.38. The molecule has 0 bridgehead atoms. The summed E-state index contributed by atoms with van der Waals surface area (Å²) < 4.78 is 7.88. The van der Waals surface area contributed by atoms with Gasteiger partial charge in [-0.05, 0) is 74.4 Å². The summed E-state index contributed by atoms with van der Waals surface area (Å²) in [5.41, 5.74) is 3.07. The molecule has 43 heavy (non-hydrogen) atoms. The van der Waals surface area contributed by atoms with Crippen LogP contribution in [0.15, 0.2) is 60.9 Å². The molecule has 1 aliphatic heterocycles. The standard InChI is InChI=1S/C34H39ClN6O2/c1-23-13-14-25-26(10-6-12-29(25)41(35)30(42)21-34(2)16-4-3-5-17-34)31(23)43-32-27(11-8-19-37-32)28-15-20-38-33(40-28)39-24-9-7-18-36-22-24/h6,8,10-15,19-20,24,36H,3-5,7,9,16-18,21-22H2,1-2H3,(H,38,39,40)/t24-/m0/s1. The lowest BCUT2D eigenvalue weighted by molar-refractivity contribution is -0.120. The van der Waals surface area contributed by atoms with E-state index in [4.69, 9.17) is 21.5 Å². The van der Waals surface area contributed by atoms with Crippen LogP contribution in [0.5, 0.6) is 11.6 Å². The van der Waals surface area contributed by atoms with E-state index >= 15 is 0 Å². The highest BCUT2D eigenvalue weighted by Crippen LogP contribution is 2.42. The summed E-state index contributed by atoms with van der Waals surface area (Å²) in [6.07, 6.45) is 11.8. The molecule has 4 aromatic rings. The quantitative estimate of drug-likeness (QED) is 0.200. The van der Waals surface area contributed by atoms with E-state index in [-0.39, 0.29) is 11.3 Å². The Morgan fingerprint density at radius 2 is 1.91 bits per heavy atom. The van der Waals surface area contributed by atoms with Crippen molar-refractivity contribution in [2.24, 2.45) is 5.41 Å². The maximum absolute atomic E-state index is 13.4. The minimum Gasteiger partial charge on any atom is -0.437 e. The summed E-state index contributed by atoms with van der Waals surface area (Å²) in [4.78, 5) is 27.2. The van der Waals surface area contributed by atoms with Crippen LogP contribution in [-0.4, -0.2) is 40.0 Å². The summed E-state index contributed by atoms with van der Waals surface area (Å²) in [6.45, 7) is 6.15. The van der Waals surface area contributed by atoms with Crippen molar-refractivity contribution in [3.05, 3.63) is 66.5 Å². The molecule has 1 saturated heterocycles. The van der Waals surface area contributed by atoms with Gasteiger partial charge in [0.05, 0.1) is 16.9 Å². The first-order valence-electron chi connectivity index (χ1n) is 15.3. The van der Waals surface area contributed by atoms with Gasteiger partial charge in [-0.1, -0.05) is 50.5 Å². The molecule has 8 nitrogen and oxygen atoms in total. The van der Waals surface area contributed by atoms with Crippen LogP contribution in [-0.2, 0) is 4.79 Å². The van der Waals surface area contributed by atoms with Gasteiger partial charge in [-0.3, -0.25) is 4.79 Å². The number of aryl methyl sites for hydroxylation is 1. The molecule has 2 N–H and O–H groups in total. The van der Waals surface area contributed by atoms with E-state index in [1.165, 1.54) is 23.7 Å². The zero-order valence-corrected chi connectivity index (χ0v) is 25.7. The number of carbonyl (C=O) groups excluding carboxylic acids is 1. The van der Waals surface area contributed by atoms with Crippen molar-refractivity contribution >= 4 is 40.1 Å². The van der Waals surface area contributed by atoms with Gasteiger partial charge in [0.25, 0.3) is 0 Å². The Hall–Kier alpha value is -3.75. The number of hydrogen-bond acceptors (Lipinski definition) is 7. The third kappa shape index (κ3) is 6.60. The summed E-state index contributed by atoms with van der Waals surface area (Å²) in [6, 6.07) is 15.8. The number of carbonyl (C=O) groups is 1. The number of hydrogen-bond donors (Lipinski definition) is 2. The topological polar surface area (TPSA) is 92.3 Å². The van der Waals surface area contributed by atoms with Crippen LogP contribution in [0.4, 0.5) is 11.6 Å². The van der Waals surface area contributed by atoms with E-state index in [9.17, 15) is 4.79 Å². The van der Waals surface area contributed by atoms with Crippen molar-refractivity contribution in [1.82, 2.24) is 20.3 Å². The molecular weight excluding hydrogens is 560 g/mol. The van der Waals surface area contributed by atoms with E-state index < -0.39 is 0 Å². The number of fused-ring (bicyclic) bond motifs is 1. The summed E-state index contributed by atoms with van der Waals surface area (Å²) >= 11 is 6.77. The highest BCUT2D eigenvalue weighted by molar-refractivity contribution is 6.38. The zero-order chi connectivity index (χ0) is 29.8. The average Bonchev–Trinajstić information content (AvgIpc) is 3.03. The molecule has 0 unspecified atom stereocenters. The van der Waals surface area contributed by atoms with Crippen LogP contribution < -0.4 is 19.8 Å². The van der Waals surface area contributed by atoms with Gasteiger partial charge >= 0.3 is 0 Å². The largest absolute Gasteiger partial charge is 0.437 e. The van der Waals surface area contributed by atoms with E-state index in [1.54, 1.807) is 12.4 Å². The van der Waals surface area contributed by atoms with E-state index in [0.29, 0.717) is 35.7 Å². The second-order valence-electron chi connectivity index (χ2n) is 12.2. The molecule has 0 spiro atoms. The molecule has 1 aliphatic carbocycles. The minimum atomic E-state index is -0.0780. The van der Waals surface area contributed by atoms with Crippen LogP contribution in [0.1, 0.15) is 63.9 Å². The average molecular weight is 599 g/mol. The number of ether oxygens (including phenoxy) is 1. The normalized spacial score (nSPS) is 18.3. The summed E-state index contributed by atoms with van der Waals surface area (Å²) in [7, 11) is 0. The predicted molar refractivity (Wildman–Crippen MR) is 173 cm³/mol. The number of pyridine rings is 1. The van der Waals surface area contributed by atoms with Crippen molar-refractivity contribution in [2.75, 3.05) is 22.8 Å². The number of anilines is 2. The fraction of sp³-hybridized carbons (Fsp3) is 0.412. The smallest absolute Gasteiger partial charge is 0.242 e. The van der Waals surface area contributed by atoms with Crippen LogP contribution in [0.2, 0.25) is 0 Å². The lowest BCUT2D eigenvalue weighted by Crippen LogP contribution is -2.38. The Labute approximate surface area is 258 Å². The fourth-order valence-corrected chi connectivity index (χ4v) is 6.59. The molecule has 224 valence electrons. The van der Waals surface area contributed by atoms with Crippen molar-refractivity contribution < 1.29 is 9.53 Å². The lowest BCUT2D eigenvalue weighted by Gasteiger charge is -2.33. The maximum atomic E-state index is 13.4. The van der Waals surface area contributed by atoms with Gasteiger partial charge in [-0.25, -0.2) is 19.4 Å². The first kappa shape index (κ1) is 29.3. The summed E-state index contributed by atoms with van der Waals surface area (Å²) in [5.74, 6) is 1.61. The summed E-state index contributed by atoms with van der Waals surface area (Å²) in [5, 5.41) is 8.57. The van der Waals surface area contributed by atoms with Crippen LogP contribution in [0.3, 0.4) is 0 Å². The molecule has 2 aliphatic rings.